The number of hydrogen-bond donors (Lipinski definition) is 1. The Hall–Kier alpha value is -0.910. The van der Waals surface area contributed by atoms with Gasteiger partial charge in [-0.1, -0.05) is 27.7 Å². The topological polar surface area (TPSA) is 55.6 Å². The molecule has 0 atom stereocenters. The molecule has 0 fully saturated rings. The van der Waals surface area contributed by atoms with Gasteiger partial charge < -0.3 is 15.4 Å². The Bertz CT molecular complexity index is 480. The van der Waals surface area contributed by atoms with Gasteiger partial charge in [0.25, 0.3) is 0 Å². The Kier molecular flexibility index (Phi) is 11.1. The summed E-state index contributed by atoms with van der Waals surface area (Å²) in [5.74, 6) is 1.24. The van der Waals surface area contributed by atoms with Gasteiger partial charge in [-0.3, -0.25) is 0 Å². The zero-order valence-electron chi connectivity index (χ0n) is 14.5. The quantitative estimate of drug-likeness (QED) is 0.410. The fraction of sp³-hybridized carbons (Fsp3) is 0.588. The zero-order chi connectivity index (χ0) is 16.5. The average Bonchev–Trinajstić information content (AvgIpc) is 2.49. The van der Waals surface area contributed by atoms with Gasteiger partial charge in [-0.25, -0.2) is 4.79 Å². The number of hydrogen-bond acceptors (Lipinski definition) is 5. The molecule has 0 aliphatic heterocycles. The summed E-state index contributed by atoms with van der Waals surface area (Å²) in [4.78, 5) is 15.4. The Morgan fingerprint density at radius 1 is 1.30 bits per heavy atom. The van der Waals surface area contributed by atoms with Crippen molar-refractivity contribution in [2.24, 2.45) is 5.92 Å². The molecular formula is C17H29ClN2O2S. The van der Waals surface area contributed by atoms with Gasteiger partial charge in [0.15, 0.2) is 0 Å². The number of ether oxygens (including phenoxy) is 1. The van der Waals surface area contributed by atoms with Gasteiger partial charge in [0, 0.05) is 22.9 Å². The van der Waals surface area contributed by atoms with Crippen molar-refractivity contribution in [2.45, 2.75) is 32.6 Å². The smallest absolute Gasteiger partial charge is 0.339 e. The highest BCUT2D eigenvalue weighted by Gasteiger charge is 2.14. The third-order valence-electron chi connectivity index (χ3n) is 3.33. The lowest BCUT2D eigenvalue weighted by Gasteiger charge is -2.18. The molecule has 0 unspecified atom stereocenters. The lowest BCUT2D eigenvalue weighted by atomic mass is 10.2. The molecule has 0 heterocycles. The Labute approximate surface area is 150 Å². The predicted molar refractivity (Wildman–Crippen MR) is 102 cm³/mol. The van der Waals surface area contributed by atoms with E-state index in [1.165, 1.54) is 0 Å². The molecule has 1 aromatic carbocycles. The Morgan fingerprint density at radius 2 is 1.96 bits per heavy atom. The number of esters is 1. The fourth-order valence-electron chi connectivity index (χ4n) is 1.97. The summed E-state index contributed by atoms with van der Waals surface area (Å²) < 4.78 is 5.41. The number of carbonyl (C=O) groups is 1. The maximum atomic E-state index is 12.3. The number of likely N-dealkylation sites (N-methyl/N-ethyl adjacent to an activating group) is 1. The van der Waals surface area contributed by atoms with E-state index in [0.717, 1.165) is 30.3 Å². The maximum absolute atomic E-state index is 12.3. The van der Waals surface area contributed by atoms with Crippen LogP contribution in [0, 0.1) is 5.92 Å². The van der Waals surface area contributed by atoms with Crippen LogP contribution in [-0.2, 0) is 4.74 Å². The first kappa shape index (κ1) is 22.1. The van der Waals surface area contributed by atoms with Crippen LogP contribution in [0.4, 0.5) is 5.69 Å². The van der Waals surface area contributed by atoms with Crippen molar-refractivity contribution in [3.63, 3.8) is 0 Å². The maximum Gasteiger partial charge on any atom is 0.339 e. The van der Waals surface area contributed by atoms with Gasteiger partial charge in [0.05, 0.1) is 5.56 Å². The minimum atomic E-state index is -0.265. The van der Waals surface area contributed by atoms with Crippen LogP contribution in [0.3, 0.4) is 0 Å². The molecule has 4 nitrogen and oxygen atoms in total. The first-order chi connectivity index (χ1) is 10.5. The van der Waals surface area contributed by atoms with E-state index in [2.05, 4.69) is 32.6 Å². The highest BCUT2D eigenvalue weighted by molar-refractivity contribution is 7.99. The molecule has 23 heavy (non-hydrogen) atoms. The van der Waals surface area contributed by atoms with Crippen LogP contribution in [0.2, 0.25) is 0 Å². The van der Waals surface area contributed by atoms with Gasteiger partial charge in [-0.15, -0.1) is 24.2 Å². The number of thioether (sulfide) groups is 1. The predicted octanol–water partition coefficient (Wildman–Crippen LogP) is 3.94. The van der Waals surface area contributed by atoms with Crippen LogP contribution in [0.1, 0.15) is 38.1 Å². The zero-order valence-corrected chi connectivity index (χ0v) is 16.1. The molecule has 2 N–H and O–H groups in total. The number of anilines is 1. The normalized spacial score (nSPS) is 10.7. The highest BCUT2D eigenvalue weighted by Crippen LogP contribution is 2.27. The lowest BCUT2D eigenvalue weighted by Crippen LogP contribution is -2.28. The summed E-state index contributed by atoms with van der Waals surface area (Å²) in [7, 11) is 0. The molecule has 0 aromatic heterocycles. The van der Waals surface area contributed by atoms with E-state index in [1.807, 2.05) is 6.07 Å². The highest BCUT2D eigenvalue weighted by atomic mass is 35.5. The summed E-state index contributed by atoms with van der Waals surface area (Å²) in [6.45, 7) is 11.6. The molecule has 0 spiro atoms. The molecule has 0 aliphatic carbocycles. The van der Waals surface area contributed by atoms with Crippen molar-refractivity contribution >= 4 is 35.8 Å². The molecule has 1 rings (SSSR count). The molecule has 0 aliphatic rings. The summed E-state index contributed by atoms with van der Waals surface area (Å²) in [5.41, 5.74) is 7.12. The average molecular weight is 361 g/mol. The van der Waals surface area contributed by atoms with E-state index in [1.54, 1.807) is 23.9 Å². The molecule has 0 radical (unpaired) electrons. The van der Waals surface area contributed by atoms with Crippen molar-refractivity contribution < 1.29 is 9.53 Å². The van der Waals surface area contributed by atoms with Gasteiger partial charge in [-0.05, 0) is 37.2 Å². The monoisotopic (exact) mass is 360 g/mol. The van der Waals surface area contributed by atoms with Crippen molar-refractivity contribution in [3.8, 4) is 0 Å². The van der Waals surface area contributed by atoms with Gasteiger partial charge >= 0.3 is 5.97 Å². The summed E-state index contributed by atoms with van der Waals surface area (Å²) >= 11 is 1.66. The summed E-state index contributed by atoms with van der Waals surface area (Å²) in [6, 6.07) is 5.37. The molecular weight excluding hydrogens is 332 g/mol. The number of benzene rings is 1. The lowest BCUT2D eigenvalue weighted by molar-refractivity contribution is 0.0462. The second-order valence-electron chi connectivity index (χ2n) is 5.62. The molecule has 0 bridgehead atoms. The molecule has 0 saturated carbocycles. The van der Waals surface area contributed by atoms with E-state index < -0.39 is 0 Å². The van der Waals surface area contributed by atoms with E-state index >= 15 is 0 Å². The van der Waals surface area contributed by atoms with Crippen LogP contribution in [0.15, 0.2) is 23.1 Å². The first-order valence-corrected chi connectivity index (χ1v) is 8.88. The third-order valence-corrected chi connectivity index (χ3v) is 4.81. The molecule has 0 saturated heterocycles. The molecule has 1 aromatic rings. The van der Waals surface area contributed by atoms with E-state index in [0.29, 0.717) is 23.8 Å². The standard InChI is InChI=1S/C17H28N2O2S.ClH/c1-5-19(6-2)9-10-21-17(20)15-8-7-14(18)11-16(15)22-12-13(3)4;/h7-8,11,13H,5-6,9-10,12,18H2,1-4H3;1H. The summed E-state index contributed by atoms with van der Waals surface area (Å²) in [5, 5.41) is 0. The van der Waals surface area contributed by atoms with Crippen LogP contribution in [0.5, 0.6) is 0 Å². The largest absolute Gasteiger partial charge is 0.461 e. The van der Waals surface area contributed by atoms with Crippen LogP contribution in [-0.4, -0.2) is 42.9 Å². The van der Waals surface area contributed by atoms with Crippen molar-refractivity contribution in [1.82, 2.24) is 4.90 Å². The van der Waals surface area contributed by atoms with E-state index in [9.17, 15) is 4.79 Å². The number of nitrogen functional groups attached to an aromatic ring is 1. The SMILES string of the molecule is CCN(CC)CCOC(=O)c1ccc(N)cc1SCC(C)C.Cl. The number of rotatable bonds is 9. The minimum Gasteiger partial charge on any atom is -0.461 e. The number of nitrogens with two attached hydrogens (primary N) is 1. The third kappa shape index (κ3) is 7.95. The second kappa shape index (κ2) is 11.6. The van der Waals surface area contributed by atoms with Crippen molar-refractivity contribution in [1.29, 1.82) is 0 Å². The Morgan fingerprint density at radius 3 is 2.52 bits per heavy atom. The van der Waals surface area contributed by atoms with Gasteiger partial charge in [0.2, 0.25) is 0 Å². The number of halogens is 1. The van der Waals surface area contributed by atoms with Crippen LogP contribution >= 0.6 is 24.2 Å². The fourth-order valence-corrected chi connectivity index (χ4v) is 3.01. The summed E-state index contributed by atoms with van der Waals surface area (Å²) in [6.07, 6.45) is 0. The Balaban J connectivity index is 0.00000484. The molecule has 132 valence electrons. The van der Waals surface area contributed by atoms with Crippen LogP contribution in [0.25, 0.3) is 0 Å². The minimum absolute atomic E-state index is 0. The van der Waals surface area contributed by atoms with Crippen molar-refractivity contribution in [2.75, 3.05) is 37.7 Å². The van der Waals surface area contributed by atoms with Crippen molar-refractivity contribution in [3.05, 3.63) is 23.8 Å². The van der Waals surface area contributed by atoms with Gasteiger partial charge in [-0.2, -0.15) is 0 Å². The van der Waals surface area contributed by atoms with E-state index in [-0.39, 0.29) is 18.4 Å². The van der Waals surface area contributed by atoms with Crippen LogP contribution < -0.4 is 5.73 Å². The van der Waals surface area contributed by atoms with E-state index in [4.69, 9.17) is 10.5 Å². The number of nitrogens with zero attached hydrogens (tertiary/aromatic N) is 1. The molecule has 6 heteroatoms. The second-order valence-corrected chi connectivity index (χ2v) is 6.69. The molecule has 0 amide bonds. The number of carbonyl (C=O) groups excluding carboxylic acids is 1. The first-order valence-electron chi connectivity index (χ1n) is 7.89. The van der Waals surface area contributed by atoms with Gasteiger partial charge in [0.1, 0.15) is 6.61 Å².